The van der Waals surface area contributed by atoms with E-state index in [0.717, 1.165) is 42.9 Å². The third kappa shape index (κ3) is 2.58. The van der Waals surface area contributed by atoms with Crippen LogP contribution in [0.15, 0.2) is 46.9 Å². The molecule has 0 atom stereocenters. The molecule has 0 radical (unpaired) electrons. The highest BCUT2D eigenvalue weighted by Crippen LogP contribution is 2.36. The molecule has 0 saturated carbocycles. The molecule has 0 fully saturated rings. The molecule has 4 aromatic rings. The fourth-order valence-corrected chi connectivity index (χ4v) is 3.79. The van der Waals surface area contributed by atoms with Crippen molar-refractivity contribution in [3.8, 4) is 33.5 Å². The van der Waals surface area contributed by atoms with Gasteiger partial charge in [-0.2, -0.15) is 9.61 Å². The van der Waals surface area contributed by atoms with Gasteiger partial charge in [0.15, 0.2) is 17.3 Å². The predicted octanol–water partition coefficient (Wildman–Crippen LogP) is 4.05. The second-order valence-corrected chi connectivity index (χ2v) is 7.36. The van der Waals surface area contributed by atoms with Crippen molar-refractivity contribution in [3.63, 3.8) is 0 Å². The van der Waals surface area contributed by atoms with E-state index in [1.807, 2.05) is 42.5 Å². The van der Waals surface area contributed by atoms with Crippen molar-refractivity contribution in [3.05, 3.63) is 46.9 Å². The Morgan fingerprint density at radius 3 is 2.52 bits per heavy atom. The topological polar surface area (TPSA) is 61.5 Å². The SMILES string of the molecule is Brc1ccc(-c2nnc3sc(-c4ccc5c(c4)OCCO5)nn23)cc1. The van der Waals surface area contributed by atoms with E-state index in [-0.39, 0.29) is 0 Å². The van der Waals surface area contributed by atoms with Crippen LogP contribution in [-0.2, 0) is 0 Å². The van der Waals surface area contributed by atoms with Gasteiger partial charge >= 0.3 is 0 Å². The highest BCUT2D eigenvalue weighted by atomic mass is 79.9. The number of aromatic nitrogens is 4. The van der Waals surface area contributed by atoms with Gasteiger partial charge < -0.3 is 9.47 Å². The van der Waals surface area contributed by atoms with E-state index < -0.39 is 0 Å². The minimum absolute atomic E-state index is 0.565. The van der Waals surface area contributed by atoms with Crippen molar-refractivity contribution in [2.24, 2.45) is 0 Å². The minimum Gasteiger partial charge on any atom is -0.486 e. The van der Waals surface area contributed by atoms with Gasteiger partial charge in [0.1, 0.15) is 18.2 Å². The largest absolute Gasteiger partial charge is 0.486 e. The summed E-state index contributed by atoms with van der Waals surface area (Å²) in [6, 6.07) is 13.8. The van der Waals surface area contributed by atoms with Gasteiger partial charge in [-0.15, -0.1) is 10.2 Å². The normalized spacial score (nSPS) is 13.3. The zero-order valence-corrected chi connectivity index (χ0v) is 15.2. The lowest BCUT2D eigenvalue weighted by Gasteiger charge is -2.18. The van der Waals surface area contributed by atoms with Crippen LogP contribution in [0.1, 0.15) is 0 Å². The first-order valence-electron chi connectivity index (χ1n) is 7.66. The monoisotopic (exact) mass is 414 g/mol. The minimum atomic E-state index is 0.565. The molecule has 2 aromatic heterocycles. The van der Waals surface area contributed by atoms with E-state index in [1.165, 1.54) is 11.3 Å². The second-order valence-electron chi connectivity index (χ2n) is 5.49. The Kier molecular flexibility index (Phi) is 3.46. The van der Waals surface area contributed by atoms with Gasteiger partial charge in [-0.25, -0.2) is 0 Å². The highest BCUT2D eigenvalue weighted by Gasteiger charge is 2.17. The zero-order valence-electron chi connectivity index (χ0n) is 12.8. The number of rotatable bonds is 2. The summed E-state index contributed by atoms with van der Waals surface area (Å²) in [6.45, 7) is 1.15. The first kappa shape index (κ1) is 14.9. The summed E-state index contributed by atoms with van der Waals surface area (Å²) in [6.07, 6.45) is 0. The number of nitrogens with zero attached hydrogens (tertiary/aromatic N) is 4. The van der Waals surface area contributed by atoms with Crippen LogP contribution >= 0.6 is 27.3 Å². The molecule has 3 heterocycles. The summed E-state index contributed by atoms with van der Waals surface area (Å²) >= 11 is 4.94. The summed E-state index contributed by atoms with van der Waals surface area (Å²) in [5, 5.41) is 14.1. The third-order valence-corrected chi connectivity index (χ3v) is 5.36. The Morgan fingerprint density at radius 2 is 1.68 bits per heavy atom. The highest BCUT2D eigenvalue weighted by molar-refractivity contribution is 9.10. The quantitative estimate of drug-likeness (QED) is 0.494. The average molecular weight is 415 g/mol. The molecular formula is C17H11BrN4O2S. The Hall–Kier alpha value is -2.45. The number of fused-ring (bicyclic) bond motifs is 2. The van der Waals surface area contributed by atoms with E-state index in [2.05, 4.69) is 26.1 Å². The maximum absolute atomic E-state index is 5.66. The van der Waals surface area contributed by atoms with Crippen molar-refractivity contribution >= 4 is 32.2 Å². The first-order valence-corrected chi connectivity index (χ1v) is 9.27. The van der Waals surface area contributed by atoms with Crippen LogP contribution in [0.5, 0.6) is 11.5 Å². The Morgan fingerprint density at radius 1 is 0.920 bits per heavy atom. The van der Waals surface area contributed by atoms with Crippen LogP contribution in [0.2, 0.25) is 0 Å². The van der Waals surface area contributed by atoms with Crippen molar-refractivity contribution in [1.82, 2.24) is 19.8 Å². The van der Waals surface area contributed by atoms with E-state index in [1.54, 1.807) is 4.52 Å². The summed E-state index contributed by atoms with van der Waals surface area (Å²) in [5.41, 5.74) is 1.94. The van der Waals surface area contributed by atoms with Crippen molar-refractivity contribution < 1.29 is 9.47 Å². The summed E-state index contributed by atoms with van der Waals surface area (Å²) in [5.74, 6) is 2.25. The molecule has 2 aromatic carbocycles. The fourth-order valence-electron chi connectivity index (χ4n) is 2.69. The summed E-state index contributed by atoms with van der Waals surface area (Å²) in [7, 11) is 0. The molecule has 0 unspecified atom stereocenters. The summed E-state index contributed by atoms with van der Waals surface area (Å²) < 4.78 is 14.0. The fraction of sp³-hybridized carbons (Fsp3) is 0.118. The molecule has 25 heavy (non-hydrogen) atoms. The molecule has 0 amide bonds. The maximum Gasteiger partial charge on any atom is 0.235 e. The third-order valence-electron chi connectivity index (χ3n) is 3.88. The second kappa shape index (κ2) is 5.82. The molecule has 0 bridgehead atoms. The average Bonchev–Trinajstić information content (AvgIpc) is 3.23. The molecular weight excluding hydrogens is 404 g/mol. The van der Waals surface area contributed by atoms with Crippen LogP contribution in [0.3, 0.4) is 0 Å². The van der Waals surface area contributed by atoms with Crippen LogP contribution in [-0.4, -0.2) is 33.0 Å². The van der Waals surface area contributed by atoms with Crippen molar-refractivity contribution in [2.75, 3.05) is 13.2 Å². The van der Waals surface area contributed by atoms with Crippen molar-refractivity contribution in [2.45, 2.75) is 0 Å². The molecule has 0 aliphatic carbocycles. The van der Waals surface area contributed by atoms with Crippen molar-refractivity contribution in [1.29, 1.82) is 0 Å². The maximum atomic E-state index is 5.66. The van der Waals surface area contributed by atoms with E-state index in [9.17, 15) is 0 Å². The Bertz CT molecular complexity index is 1070. The van der Waals surface area contributed by atoms with E-state index in [4.69, 9.17) is 14.6 Å². The van der Waals surface area contributed by atoms with Gasteiger partial charge in [-0.05, 0) is 30.3 Å². The van der Waals surface area contributed by atoms with Gasteiger partial charge in [0.2, 0.25) is 4.96 Å². The first-order chi connectivity index (χ1) is 12.3. The molecule has 0 spiro atoms. The van der Waals surface area contributed by atoms with Crippen LogP contribution in [0.25, 0.3) is 26.9 Å². The van der Waals surface area contributed by atoms with E-state index >= 15 is 0 Å². The Labute approximate surface area is 155 Å². The number of benzene rings is 2. The number of hydrogen-bond acceptors (Lipinski definition) is 6. The van der Waals surface area contributed by atoms with Gasteiger partial charge in [0, 0.05) is 15.6 Å². The molecule has 0 N–H and O–H groups in total. The molecule has 1 aliphatic heterocycles. The van der Waals surface area contributed by atoms with Gasteiger partial charge in [0.25, 0.3) is 0 Å². The standard InChI is InChI=1S/C17H11BrN4O2S/c18-12-4-1-10(2-5-12)15-19-20-17-22(15)21-16(25-17)11-3-6-13-14(9-11)24-8-7-23-13/h1-6,9H,7-8H2. The molecule has 8 heteroatoms. The smallest absolute Gasteiger partial charge is 0.235 e. The van der Waals surface area contributed by atoms with Gasteiger partial charge in [-0.3, -0.25) is 0 Å². The summed E-state index contributed by atoms with van der Waals surface area (Å²) in [4.78, 5) is 0.753. The lowest BCUT2D eigenvalue weighted by molar-refractivity contribution is 0.171. The van der Waals surface area contributed by atoms with Crippen LogP contribution in [0.4, 0.5) is 0 Å². The number of ether oxygens (including phenoxy) is 2. The molecule has 6 nitrogen and oxygen atoms in total. The molecule has 0 saturated heterocycles. The molecule has 124 valence electrons. The number of hydrogen-bond donors (Lipinski definition) is 0. The number of halogens is 1. The zero-order chi connectivity index (χ0) is 16.8. The van der Waals surface area contributed by atoms with Crippen LogP contribution in [0, 0.1) is 0 Å². The molecule has 1 aliphatic rings. The van der Waals surface area contributed by atoms with Gasteiger partial charge in [-0.1, -0.05) is 39.4 Å². The predicted molar refractivity (Wildman–Crippen MR) is 98.2 cm³/mol. The van der Waals surface area contributed by atoms with Crippen LogP contribution < -0.4 is 9.47 Å². The Balaban J connectivity index is 1.58. The lowest BCUT2D eigenvalue weighted by Crippen LogP contribution is -2.15. The molecule has 5 rings (SSSR count). The van der Waals surface area contributed by atoms with Gasteiger partial charge in [0.05, 0.1) is 0 Å². The van der Waals surface area contributed by atoms with E-state index in [0.29, 0.717) is 13.2 Å². The lowest BCUT2D eigenvalue weighted by atomic mass is 10.2.